The summed E-state index contributed by atoms with van der Waals surface area (Å²) in [5, 5.41) is 9.92. The second-order valence-corrected chi connectivity index (χ2v) is 9.30. The van der Waals surface area contributed by atoms with Gasteiger partial charge in [-0.05, 0) is 34.2 Å². The van der Waals surface area contributed by atoms with Crippen LogP contribution in [-0.2, 0) is 17.7 Å². The maximum absolute atomic E-state index is 4.51. The number of aromatic nitrogens is 4. The van der Waals surface area contributed by atoms with Gasteiger partial charge in [0.15, 0.2) is 11.0 Å². The van der Waals surface area contributed by atoms with Crippen molar-refractivity contribution in [2.45, 2.75) is 43.6 Å². The van der Waals surface area contributed by atoms with Crippen LogP contribution in [0, 0.1) is 0 Å². The van der Waals surface area contributed by atoms with E-state index >= 15 is 0 Å². The molecule has 0 saturated heterocycles. The fourth-order valence-electron chi connectivity index (χ4n) is 3.26. The molecule has 5 heteroatoms. The van der Waals surface area contributed by atoms with Crippen LogP contribution in [0.1, 0.15) is 37.5 Å². The summed E-state index contributed by atoms with van der Waals surface area (Å²) in [6, 6.07) is 23.3. The predicted molar refractivity (Wildman–Crippen MR) is 124 cm³/mol. The Morgan fingerprint density at radius 3 is 2.27 bits per heavy atom. The number of nitrogens with zero attached hydrogens (tertiary/aromatic N) is 4. The van der Waals surface area contributed by atoms with Crippen LogP contribution in [0.2, 0.25) is 0 Å². The van der Waals surface area contributed by atoms with Crippen molar-refractivity contribution in [3.8, 4) is 11.4 Å². The first kappa shape index (κ1) is 20.4. The van der Waals surface area contributed by atoms with E-state index in [-0.39, 0.29) is 5.41 Å². The lowest BCUT2D eigenvalue weighted by Gasteiger charge is -2.19. The van der Waals surface area contributed by atoms with Crippen molar-refractivity contribution >= 4 is 11.8 Å². The molecule has 0 aliphatic carbocycles. The number of hydrogen-bond donors (Lipinski definition) is 0. The van der Waals surface area contributed by atoms with Gasteiger partial charge in [0.25, 0.3) is 0 Å². The van der Waals surface area contributed by atoms with E-state index in [1.165, 1.54) is 16.7 Å². The lowest BCUT2D eigenvalue weighted by Crippen LogP contribution is -2.10. The van der Waals surface area contributed by atoms with Gasteiger partial charge in [-0.1, -0.05) is 87.1 Å². The van der Waals surface area contributed by atoms with Crippen molar-refractivity contribution in [3.05, 3.63) is 95.8 Å². The second-order valence-electron chi connectivity index (χ2n) is 8.36. The molecule has 4 nitrogen and oxygen atoms in total. The average Bonchev–Trinajstić information content (AvgIpc) is 3.15. The molecule has 30 heavy (non-hydrogen) atoms. The van der Waals surface area contributed by atoms with E-state index in [0.717, 1.165) is 28.8 Å². The van der Waals surface area contributed by atoms with Crippen LogP contribution in [-0.4, -0.2) is 19.7 Å². The highest BCUT2D eigenvalue weighted by atomic mass is 32.2. The molecule has 0 saturated carbocycles. The van der Waals surface area contributed by atoms with Gasteiger partial charge in [0.05, 0.1) is 6.54 Å². The molecule has 0 radical (unpaired) electrons. The molecule has 0 bridgehead atoms. The first-order valence-corrected chi connectivity index (χ1v) is 11.1. The van der Waals surface area contributed by atoms with Gasteiger partial charge in [0.2, 0.25) is 0 Å². The van der Waals surface area contributed by atoms with Crippen molar-refractivity contribution in [3.63, 3.8) is 0 Å². The van der Waals surface area contributed by atoms with E-state index in [0.29, 0.717) is 0 Å². The summed E-state index contributed by atoms with van der Waals surface area (Å²) in [4.78, 5) is 4.25. The zero-order valence-corrected chi connectivity index (χ0v) is 18.4. The number of rotatable bonds is 6. The largest absolute Gasteiger partial charge is 0.297 e. The third kappa shape index (κ3) is 4.79. The molecule has 0 aliphatic heterocycles. The predicted octanol–water partition coefficient (Wildman–Crippen LogP) is 5.98. The van der Waals surface area contributed by atoms with Crippen molar-refractivity contribution < 1.29 is 0 Å². The SMILES string of the molecule is CC(C)(C)c1ccc(CSc2nnc(-c3cccnc3)n2Cc2ccccc2)cc1. The molecule has 0 amide bonds. The van der Waals surface area contributed by atoms with Gasteiger partial charge in [-0.3, -0.25) is 9.55 Å². The number of pyridine rings is 1. The van der Waals surface area contributed by atoms with Crippen LogP contribution >= 0.6 is 11.8 Å². The second kappa shape index (κ2) is 8.84. The van der Waals surface area contributed by atoms with Gasteiger partial charge in [-0.25, -0.2) is 0 Å². The van der Waals surface area contributed by atoms with E-state index in [1.54, 1.807) is 18.0 Å². The summed E-state index contributed by atoms with van der Waals surface area (Å²) in [6.45, 7) is 7.44. The summed E-state index contributed by atoms with van der Waals surface area (Å²) >= 11 is 1.72. The molecule has 0 spiro atoms. The Labute approximate surface area is 182 Å². The van der Waals surface area contributed by atoms with Crippen LogP contribution in [0.15, 0.2) is 84.3 Å². The van der Waals surface area contributed by atoms with Gasteiger partial charge in [-0.2, -0.15) is 0 Å². The highest BCUT2D eigenvalue weighted by Gasteiger charge is 2.16. The minimum Gasteiger partial charge on any atom is -0.297 e. The van der Waals surface area contributed by atoms with Crippen molar-refractivity contribution in [2.75, 3.05) is 0 Å². The highest BCUT2D eigenvalue weighted by Crippen LogP contribution is 2.28. The van der Waals surface area contributed by atoms with E-state index in [9.17, 15) is 0 Å². The molecule has 2 aromatic heterocycles. The van der Waals surface area contributed by atoms with Gasteiger partial charge in [0, 0.05) is 23.7 Å². The molecule has 2 heterocycles. The lowest BCUT2D eigenvalue weighted by atomic mass is 9.87. The zero-order valence-electron chi connectivity index (χ0n) is 17.6. The Balaban J connectivity index is 1.59. The summed E-state index contributed by atoms with van der Waals surface area (Å²) in [7, 11) is 0. The number of benzene rings is 2. The molecular weight excluding hydrogens is 388 g/mol. The van der Waals surface area contributed by atoms with E-state index in [1.807, 2.05) is 24.4 Å². The average molecular weight is 415 g/mol. The quantitative estimate of drug-likeness (QED) is 0.364. The minimum absolute atomic E-state index is 0.167. The van der Waals surface area contributed by atoms with Crippen LogP contribution in [0.25, 0.3) is 11.4 Å². The van der Waals surface area contributed by atoms with Crippen LogP contribution < -0.4 is 0 Å². The molecule has 0 atom stereocenters. The van der Waals surface area contributed by atoms with Gasteiger partial charge in [0.1, 0.15) is 0 Å². The van der Waals surface area contributed by atoms with Gasteiger partial charge >= 0.3 is 0 Å². The molecule has 4 aromatic rings. The van der Waals surface area contributed by atoms with Gasteiger partial charge < -0.3 is 0 Å². The Morgan fingerprint density at radius 2 is 1.60 bits per heavy atom. The molecule has 0 fully saturated rings. The summed E-state index contributed by atoms with van der Waals surface area (Å²) in [5.74, 6) is 1.70. The fourth-order valence-corrected chi connectivity index (χ4v) is 4.16. The molecule has 0 unspecified atom stereocenters. The minimum atomic E-state index is 0.167. The molecule has 2 aromatic carbocycles. The zero-order chi connectivity index (χ0) is 21.0. The monoisotopic (exact) mass is 414 g/mol. The maximum atomic E-state index is 4.51. The van der Waals surface area contributed by atoms with Crippen molar-refractivity contribution in [1.82, 2.24) is 19.7 Å². The van der Waals surface area contributed by atoms with Crippen LogP contribution in [0.5, 0.6) is 0 Å². The summed E-state index contributed by atoms with van der Waals surface area (Å²) in [5.41, 5.74) is 4.99. The molecule has 0 aliphatic rings. The number of hydrogen-bond acceptors (Lipinski definition) is 4. The van der Waals surface area contributed by atoms with Crippen LogP contribution in [0.3, 0.4) is 0 Å². The molecule has 4 rings (SSSR count). The summed E-state index contributed by atoms with van der Waals surface area (Å²) in [6.07, 6.45) is 3.61. The van der Waals surface area contributed by atoms with Crippen molar-refractivity contribution in [2.24, 2.45) is 0 Å². The van der Waals surface area contributed by atoms with E-state index in [4.69, 9.17) is 0 Å². The molecule has 152 valence electrons. The molecular formula is C25H26N4S. The third-order valence-corrected chi connectivity index (χ3v) is 6.05. The first-order valence-electron chi connectivity index (χ1n) is 10.1. The fraction of sp³-hybridized carbons (Fsp3) is 0.240. The Bertz CT molecular complexity index is 1080. The first-order chi connectivity index (χ1) is 14.5. The Hall–Kier alpha value is -2.92. The van der Waals surface area contributed by atoms with Crippen LogP contribution in [0.4, 0.5) is 0 Å². The van der Waals surface area contributed by atoms with Crippen molar-refractivity contribution in [1.29, 1.82) is 0 Å². The maximum Gasteiger partial charge on any atom is 0.192 e. The lowest BCUT2D eigenvalue weighted by molar-refractivity contribution is 0.590. The smallest absolute Gasteiger partial charge is 0.192 e. The normalized spacial score (nSPS) is 11.6. The summed E-state index contributed by atoms with van der Waals surface area (Å²) < 4.78 is 2.18. The standard InChI is InChI=1S/C25H26N4S/c1-25(2,3)22-13-11-20(12-14-22)18-30-24-28-27-23(21-10-7-15-26-16-21)29(24)17-19-8-5-4-6-9-19/h4-16H,17-18H2,1-3H3. The highest BCUT2D eigenvalue weighted by molar-refractivity contribution is 7.98. The number of thioether (sulfide) groups is 1. The third-order valence-electron chi connectivity index (χ3n) is 5.01. The Kier molecular flexibility index (Phi) is 6.00. The van der Waals surface area contributed by atoms with E-state index in [2.05, 4.69) is 89.1 Å². The Morgan fingerprint density at radius 1 is 0.833 bits per heavy atom. The van der Waals surface area contributed by atoms with E-state index < -0.39 is 0 Å². The topological polar surface area (TPSA) is 43.6 Å². The van der Waals surface area contributed by atoms with Gasteiger partial charge in [-0.15, -0.1) is 10.2 Å². The molecule has 0 N–H and O–H groups in total.